The SMILES string of the molecule is CN(C)CCCNC(=O)c1ccc(C(=O)NCCC2=CCCCC2)cc1. The van der Waals surface area contributed by atoms with E-state index in [9.17, 15) is 9.59 Å². The van der Waals surface area contributed by atoms with Gasteiger partial charge in [-0.3, -0.25) is 9.59 Å². The number of hydrogen-bond donors (Lipinski definition) is 2. The zero-order chi connectivity index (χ0) is 18.8. The second kappa shape index (κ2) is 10.8. The van der Waals surface area contributed by atoms with Gasteiger partial charge in [-0.1, -0.05) is 11.6 Å². The van der Waals surface area contributed by atoms with E-state index in [-0.39, 0.29) is 11.8 Å². The summed E-state index contributed by atoms with van der Waals surface area (Å²) in [6, 6.07) is 6.84. The van der Waals surface area contributed by atoms with Crippen molar-refractivity contribution in [2.24, 2.45) is 0 Å². The highest BCUT2D eigenvalue weighted by molar-refractivity contribution is 5.97. The highest BCUT2D eigenvalue weighted by Crippen LogP contribution is 2.19. The quantitative estimate of drug-likeness (QED) is 0.528. The third kappa shape index (κ3) is 7.00. The molecule has 0 aliphatic heterocycles. The second-order valence-corrected chi connectivity index (χ2v) is 7.10. The van der Waals surface area contributed by atoms with Crippen molar-refractivity contribution in [3.63, 3.8) is 0 Å². The summed E-state index contributed by atoms with van der Waals surface area (Å²) in [7, 11) is 4.02. The van der Waals surface area contributed by atoms with E-state index in [1.807, 2.05) is 14.1 Å². The van der Waals surface area contributed by atoms with Crippen LogP contribution in [0.25, 0.3) is 0 Å². The Morgan fingerprint density at radius 3 is 2.12 bits per heavy atom. The minimum atomic E-state index is -0.0973. The van der Waals surface area contributed by atoms with E-state index >= 15 is 0 Å². The van der Waals surface area contributed by atoms with Crippen molar-refractivity contribution in [2.75, 3.05) is 33.7 Å². The Morgan fingerprint density at radius 1 is 0.962 bits per heavy atom. The fraction of sp³-hybridized carbons (Fsp3) is 0.524. The van der Waals surface area contributed by atoms with E-state index in [1.54, 1.807) is 24.3 Å². The van der Waals surface area contributed by atoms with Crippen LogP contribution < -0.4 is 10.6 Å². The van der Waals surface area contributed by atoms with Crippen LogP contribution in [0.3, 0.4) is 0 Å². The maximum absolute atomic E-state index is 12.2. The largest absolute Gasteiger partial charge is 0.352 e. The van der Waals surface area contributed by atoms with Crippen molar-refractivity contribution < 1.29 is 9.59 Å². The predicted molar refractivity (Wildman–Crippen MR) is 105 cm³/mol. The molecular weight excluding hydrogens is 326 g/mol. The van der Waals surface area contributed by atoms with Crippen molar-refractivity contribution in [1.82, 2.24) is 15.5 Å². The summed E-state index contributed by atoms with van der Waals surface area (Å²) in [6.07, 6.45) is 9.02. The summed E-state index contributed by atoms with van der Waals surface area (Å²) in [5, 5.41) is 5.86. The summed E-state index contributed by atoms with van der Waals surface area (Å²) in [5.41, 5.74) is 2.63. The van der Waals surface area contributed by atoms with Crippen LogP contribution in [-0.2, 0) is 0 Å². The van der Waals surface area contributed by atoms with Crippen molar-refractivity contribution in [1.29, 1.82) is 0 Å². The molecule has 0 heterocycles. The number of benzene rings is 1. The molecule has 1 aliphatic rings. The summed E-state index contributed by atoms with van der Waals surface area (Å²) in [5.74, 6) is -0.181. The van der Waals surface area contributed by atoms with Gasteiger partial charge >= 0.3 is 0 Å². The molecule has 0 radical (unpaired) electrons. The van der Waals surface area contributed by atoms with Gasteiger partial charge in [-0.15, -0.1) is 0 Å². The first-order valence-corrected chi connectivity index (χ1v) is 9.55. The topological polar surface area (TPSA) is 61.4 Å². The average Bonchev–Trinajstić information content (AvgIpc) is 2.66. The number of nitrogens with zero attached hydrogens (tertiary/aromatic N) is 1. The minimum Gasteiger partial charge on any atom is -0.352 e. The molecule has 2 N–H and O–H groups in total. The lowest BCUT2D eigenvalue weighted by molar-refractivity contribution is 0.0941. The van der Waals surface area contributed by atoms with E-state index in [0.717, 1.165) is 25.8 Å². The number of rotatable bonds is 9. The lowest BCUT2D eigenvalue weighted by Crippen LogP contribution is -2.27. The van der Waals surface area contributed by atoms with Gasteiger partial charge in [0.05, 0.1) is 0 Å². The first kappa shape index (κ1) is 20.2. The molecular formula is C21H31N3O2. The summed E-state index contributed by atoms with van der Waals surface area (Å²) in [4.78, 5) is 26.4. The van der Waals surface area contributed by atoms with E-state index in [4.69, 9.17) is 0 Å². The molecule has 0 fully saturated rings. The fourth-order valence-electron chi connectivity index (χ4n) is 3.04. The highest BCUT2D eigenvalue weighted by atomic mass is 16.2. The van der Waals surface area contributed by atoms with Crippen LogP contribution in [0.5, 0.6) is 0 Å². The van der Waals surface area contributed by atoms with Gasteiger partial charge in [-0.05, 0) is 83.4 Å². The third-order valence-electron chi connectivity index (χ3n) is 4.59. The molecule has 0 saturated carbocycles. The number of carbonyl (C=O) groups is 2. The van der Waals surface area contributed by atoms with Gasteiger partial charge in [0.15, 0.2) is 0 Å². The highest BCUT2D eigenvalue weighted by Gasteiger charge is 2.09. The lowest BCUT2D eigenvalue weighted by Gasteiger charge is -2.13. The fourth-order valence-corrected chi connectivity index (χ4v) is 3.04. The maximum atomic E-state index is 12.2. The van der Waals surface area contributed by atoms with Crippen LogP contribution in [0, 0.1) is 0 Å². The molecule has 0 atom stereocenters. The number of hydrogen-bond acceptors (Lipinski definition) is 3. The molecule has 0 aromatic heterocycles. The Hall–Kier alpha value is -2.14. The predicted octanol–water partition coefficient (Wildman–Crippen LogP) is 2.99. The number of allylic oxidation sites excluding steroid dienone is 1. The zero-order valence-corrected chi connectivity index (χ0v) is 16.0. The Bertz CT molecular complexity index is 621. The molecule has 2 amide bonds. The van der Waals surface area contributed by atoms with Gasteiger partial charge in [-0.2, -0.15) is 0 Å². The van der Waals surface area contributed by atoms with Crippen LogP contribution in [-0.4, -0.2) is 50.4 Å². The van der Waals surface area contributed by atoms with Gasteiger partial charge in [-0.25, -0.2) is 0 Å². The van der Waals surface area contributed by atoms with E-state index in [0.29, 0.717) is 24.2 Å². The van der Waals surface area contributed by atoms with Gasteiger partial charge < -0.3 is 15.5 Å². The standard InChI is InChI=1S/C21H31N3O2/c1-24(2)16-6-14-22-20(25)18-9-11-19(12-10-18)21(26)23-15-13-17-7-4-3-5-8-17/h7,9-12H,3-6,8,13-16H2,1-2H3,(H,22,25)(H,23,26). The summed E-state index contributed by atoms with van der Waals surface area (Å²) >= 11 is 0. The van der Waals surface area contributed by atoms with Gasteiger partial charge in [0, 0.05) is 24.2 Å². The van der Waals surface area contributed by atoms with Crippen molar-refractivity contribution >= 4 is 11.8 Å². The molecule has 0 spiro atoms. The molecule has 1 aromatic carbocycles. The van der Waals surface area contributed by atoms with Crippen LogP contribution >= 0.6 is 0 Å². The first-order chi connectivity index (χ1) is 12.6. The third-order valence-corrected chi connectivity index (χ3v) is 4.59. The van der Waals surface area contributed by atoms with E-state index < -0.39 is 0 Å². The molecule has 0 bridgehead atoms. The van der Waals surface area contributed by atoms with Gasteiger partial charge in [0.2, 0.25) is 0 Å². The van der Waals surface area contributed by atoms with Crippen LogP contribution in [0.4, 0.5) is 0 Å². The maximum Gasteiger partial charge on any atom is 0.251 e. The molecule has 5 nitrogen and oxygen atoms in total. The number of amides is 2. The number of carbonyl (C=O) groups excluding carboxylic acids is 2. The zero-order valence-electron chi connectivity index (χ0n) is 16.0. The Kier molecular flexibility index (Phi) is 8.35. The smallest absolute Gasteiger partial charge is 0.251 e. The Balaban J connectivity index is 1.73. The number of nitrogens with one attached hydrogen (secondary N) is 2. The normalized spacial score (nSPS) is 14.0. The van der Waals surface area contributed by atoms with E-state index in [2.05, 4.69) is 21.6 Å². The van der Waals surface area contributed by atoms with E-state index in [1.165, 1.54) is 24.8 Å². The summed E-state index contributed by atoms with van der Waals surface area (Å²) in [6.45, 7) is 2.25. The molecule has 1 aliphatic carbocycles. The summed E-state index contributed by atoms with van der Waals surface area (Å²) < 4.78 is 0. The van der Waals surface area contributed by atoms with Crippen LogP contribution in [0.1, 0.15) is 59.2 Å². The first-order valence-electron chi connectivity index (χ1n) is 9.55. The molecule has 1 aromatic rings. The van der Waals surface area contributed by atoms with Gasteiger partial charge in [0.25, 0.3) is 11.8 Å². The van der Waals surface area contributed by atoms with Crippen molar-refractivity contribution in [3.8, 4) is 0 Å². The van der Waals surface area contributed by atoms with Crippen LogP contribution in [0.2, 0.25) is 0 Å². The molecule has 0 unspecified atom stereocenters. The van der Waals surface area contributed by atoms with Gasteiger partial charge in [0.1, 0.15) is 0 Å². The Labute approximate surface area is 156 Å². The average molecular weight is 357 g/mol. The molecule has 2 rings (SSSR count). The van der Waals surface area contributed by atoms with Crippen molar-refractivity contribution in [2.45, 2.75) is 38.5 Å². The monoisotopic (exact) mass is 357 g/mol. The molecule has 5 heteroatoms. The molecule has 142 valence electrons. The van der Waals surface area contributed by atoms with Crippen molar-refractivity contribution in [3.05, 3.63) is 47.0 Å². The minimum absolute atomic E-state index is 0.0839. The Morgan fingerprint density at radius 2 is 1.58 bits per heavy atom. The molecule has 0 saturated heterocycles. The second-order valence-electron chi connectivity index (χ2n) is 7.10. The van der Waals surface area contributed by atoms with Crippen LogP contribution in [0.15, 0.2) is 35.9 Å². The lowest BCUT2D eigenvalue weighted by atomic mass is 9.97. The molecule has 26 heavy (non-hydrogen) atoms.